The first-order valence-electron chi connectivity index (χ1n) is 8.94. The molecule has 0 saturated carbocycles. The summed E-state index contributed by atoms with van der Waals surface area (Å²) >= 11 is 5.83. The van der Waals surface area contributed by atoms with Gasteiger partial charge in [0.25, 0.3) is 5.91 Å². The Hall–Kier alpha value is -3.27. The molecule has 0 fully saturated rings. The van der Waals surface area contributed by atoms with Gasteiger partial charge < -0.3 is 21.1 Å². The zero-order valence-electron chi connectivity index (χ0n) is 16.2. The Morgan fingerprint density at radius 1 is 1.06 bits per heavy atom. The third-order valence-electron chi connectivity index (χ3n) is 4.12. The van der Waals surface area contributed by atoms with E-state index in [1.807, 2.05) is 0 Å². The summed E-state index contributed by atoms with van der Waals surface area (Å²) in [6.45, 7) is 1.30. The highest BCUT2D eigenvalue weighted by Gasteiger charge is 2.30. The number of nitrogens with one attached hydrogen (secondary N) is 2. The van der Waals surface area contributed by atoms with Crippen LogP contribution in [-0.4, -0.2) is 24.0 Å². The van der Waals surface area contributed by atoms with Crippen LogP contribution in [-0.2, 0) is 20.5 Å². The van der Waals surface area contributed by atoms with Crippen LogP contribution in [0.2, 0.25) is 5.02 Å². The summed E-state index contributed by atoms with van der Waals surface area (Å²) in [6, 6.07) is 8.46. The second-order valence-electron chi connectivity index (χ2n) is 6.51. The lowest BCUT2D eigenvalue weighted by molar-refractivity contribution is -0.153. The minimum Gasteiger partial charge on any atom is -0.452 e. The minimum atomic E-state index is -4.50. The molecule has 0 radical (unpaired) electrons. The van der Waals surface area contributed by atoms with Gasteiger partial charge in [0.15, 0.2) is 6.10 Å². The molecule has 0 aliphatic carbocycles. The van der Waals surface area contributed by atoms with Crippen LogP contribution in [0, 0.1) is 0 Å². The fourth-order valence-corrected chi connectivity index (χ4v) is 2.70. The molecule has 3 amide bonds. The summed E-state index contributed by atoms with van der Waals surface area (Å²) in [5.74, 6) is -1.54. The Morgan fingerprint density at radius 3 is 2.16 bits per heavy atom. The standard InChI is InChI=1S/C20H19ClF3N3O4/c1-11(18(29)26-15-8-4-13(5-9-15)20(22,23)24)31-17(28)10-16(27-19(25)30)12-2-6-14(21)7-3-12/h2-9,11,16H,10H2,1H3,(H,26,29)(H3,25,27,30)/t11-,16-/m0/s1. The number of nitrogens with two attached hydrogens (primary N) is 1. The summed E-state index contributed by atoms with van der Waals surface area (Å²) in [5, 5.41) is 5.23. The van der Waals surface area contributed by atoms with Crippen molar-refractivity contribution in [3.8, 4) is 0 Å². The lowest BCUT2D eigenvalue weighted by Gasteiger charge is -2.19. The Kier molecular flexibility index (Phi) is 7.87. The molecule has 2 aromatic carbocycles. The maximum Gasteiger partial charge on any atom is 0.416 e. The van der Waals surface area contributed by atoms with Gasteiger partial charge in [-0.2, -0.15) is 13.2 Å². The largest absolute Gasteiger partial charge is 0.452 e. The lowest BCUT2D eigenvalue weighted by Crippen LogP contribution is -2.36. The molecule has 166 valence electrons. The van der Waals surface area contributed by atoms with Crippen molar-refractivity contribution in [1.82, 2.24) is 5.32 Å². The van der Waals surface area contributed by atoms with Gasteiger partial charge in [0.2, 0.25) is 0 Å². The van der Waals surface area contributed by atoms with Gasteiger partial charge in [-0.05, 0) is 48.9 Å². The normalized spacial score (nSPS) is 13.1. The summed E-state index contributed by atoms with van der Waals surface area (Å²) in [5.41, 5.74) is 4.94. The Labute approximate surface area is 180 Å². The van der Waals surface area contributed by atoms with Crippen LogP contribution in [0.1, 0.15) is 30.5 Å². The predicted octanol–water partition coefficient (Wildman–Crippen LogP) is 4.03. The number of ether oxygens (including phenoxy) is 1. The van der Waals surface area contributed by atoms with Crippen molar-refractivity contribution in [3.05, 3.63) is 64.7 Å². The van der Waals surface area contributed by atoms with Crippen LogP contribution in [0.3, 0.4) is 0 Å². The summed E-state index contributed by atoms with van der Waals surface area (Å²) in [7, 11) is 0. The van der Waals surface area contributed by atoms with Crippen molar-refractivity contribution in [3.63, 3.8) is 0 Å². The molecule has 7 nitrogen and oxygen atoms in total. The molecule has 31 heavy (non-hydrogen) atoms. The van der Waals surface area contributed by atoms with Gasteiger partial charge in [-0.25, -0.2) is 4.79 Å². The first-order valence-corrected chi connectivity index (χ1v) is 9.32. The molecule has 4 N–H and O–H groups in total. The van der Waals surface area contributed by atoms with Gasteiger partial charge in [-0.3, -0.25) is 9.59 Å². The van der Waals surface area contributed by atoms with Gasteiger partial charge in [-0.1, -0.05) is 23.7 Å². The molecule has 0 aliphatic rings. The van der Waals surface area contributed by atoms with E-state index in [0.29, 0.717) is 10.6 Å². The van der Waals surface area contributed by atoms with Crippen LogP contribution < -0.4 is 16.4 Å². The van der Waals surface area contributed by atoms with Crippen LogP contribution in [0.15, 0.2) is 48.5 Å². The van der Waals surface area contributed by atoms with Crippen molar-refractivity contribution in [2.75, 3.05) is 5.32 Å². The molecule has 2 atom stereocenters. The number of carbonyl (C=O) groups excluding carboxylic acids is 3. The second kappa shape index (κ2) is 10.2. The van der Waals surface area contributed by atoms with E-state index >= 15 is 0 Å². The predicted molar refractivity (Wildman–Crippen MR) is 107 cm³/mol. The molecular formula is C20H19ClF3N3O4. The molecular weight excluding hydrogens is 439 g/mol. The quantitative estimate of drug-likeness (QED) is 0.545. The molecule has 0 heterocycles. The number of urea groups is 1. The van der Waals surface area contributed by atoms with Crippen LogP contribution in [0.25, 0.3) is 0 Å². The number of carbonyl (C=O) groups is 3. The molecule has 2 aromatic rings. The number of rotatable bonds is 7. The summed E-state index contributed by atoms with van der Waals surface area (Å²) in [6.07, 6.45) is -6.05. The van der Waals surface area contributed by atoms with E-state index in [9.17, 15) is 27.6 Å². The monoisotopic (exact) mass is 457 g/mol. The van der Waals surface area contributed by atoms with Crippen molar-refractivity contribution in [2.24, 2.45) is 5.73 Å². The number of amides is 3. The second-order valence-corrected chi connectivity index (χ2v) is 6.95. The van der Waals surface area contributed by atoms with Gasteiger partial charge in [-0.15, -0.1) is 0 Å². The Balaban J connectivity index is 1.96. The minimum absolute atomic E-state index is 0.107. The molecule has 0 aliphatic heterocycles. The number of hydrogen-bond donors (Lipinski definition) is 3. The lowest BCUT2D eigenvalue weighted by atomic mass is 10.0. The Morgan fingerprint density at radius 2 is 1.65 bits per heavy atom. The van der Waals surface area contributed by atoms with Gasteiger partial charge >= 0.3 is 18.2 Å². The van der Waals surface area contributed by atoms with Crippen LogP contribution in [0.5, 0.6) is 0 Å². The summed E-state index contributed by atoms with van der Waals surface area (Å²) in [4.78, 5) is 35.7. The van der Waals surface area contributed by atoms with Gasteiger partial charge in [0, 0.05) is 10.7 Å². The van der Waals surface area contributed by atoms with Crippen molar-refractivity contribution in [1.29, 1.82) is 0 Å². The number of anilines is 1. The van der Waals surface area contributed by atoms with Gasteiger partial charge in [0.05, 0.1) is 18.0 Å². The molecule has 0 saturated heterocycles. The molecule has 0 spiro atoms. The topological polar surface area (TPSA) is 111 Å². The van der Waals surface area contributed by atoms with E-state index in [1.165, 1.54) is 6.92 Å². The van der Waals surface area contributed by atoms with Gasteiger partial charge in [0.1, 0.15) is 0 Å². The number of benzene rings is 2. The number of alkyl halides is 3. The number of primary amides is 1. The molecule has 11 heteroatoms. The highest BCUT2D eigenvalue weighted by molar-refractivity contribution is 6.30. The van der Waals surface area contributed by atoms with E-state index in [4.69, 9.17) is 22.1 Å². The average Bonchev–Trinajstić information content (AvgIpc) is 2.67. The zero-order chi connectivity index (χ0) is 23.2. The summed E-state index contributed by atoms with van der Waals surface area (Å²) < 4.78 is 42.9. The van der Waals surface area contributed by atoms with Crippen molar-refractivity contribution < 1.29 is 32.3 Å². The highest BCUT2D eigenvalue weighted by atomic mass is 35.5. The SMILES string of the molecule is C[C@H](OC(=O)C[C@H](NC(N)=O)c1ccc(Cl)cc1)C(=O)Nc1ccc(C(F)(F)F)cc1. The maximum atomic E-state index is 12.6. The first kappa shape index (κ1) is 24.0. The number of halogens is 4. The van der Waals surface area contributed by atoms with Crippen molar-refractivity contribution in [2.45, 2.75) is 31.7 Å². The van der Waals surface area contributed by atoms with Crippen LogP contribution in [0.4, 0.5) is 23.7 Å². The first-order chi connectivity index (χ1) is 14.5. The fourth-order valence-electron chi connectivity index (χ4n) is 2.57. The third kappa shape index (κ3) is 7.49. The average molecular weight is 458 g/mol. The fraction of sp³-hybridized carbons (Fsp3) is 0.250. The van der Waals surface area contributed by atoms with E-state index in [0.717, 1.165) is 24.3 Å². The van der Waals surface area contributed by atoms with Crippen LogP contribution >= 0.6 is 11.6 Å². The van der Waals surface area contributed by atoms with E-state index < -0.39 is 41.8 Å². The molecule has 0 bridgehead atoms. The molecule has 0 aromatic heterocycles. The Bertz CT molecular complexity index is 934. The molecule has 2 rings (SSSR count). The smallest absolute Gasteiger partial charge is 0.416 e. The van der Waals surface area contributed by atoms with E-state index in [-0.39, 0.29) is 12.1 Å². The zero-order valence-corrected chi connectivity index (χ0v) is 17.0. The number of hydrogen-bond acceptors (Lipinski definition) is 4. The maximum absolute atomic E-state index is 12.6. The van der Waals surface area contributed by atoms with E-state index in [1.54, 1.807) is 24.3 Å². The van der Waals surface area contributed by atoms with E-state index in [2.05, 4.69) is 10.6 Å². The molecule has 0 unspecified atom stereocenters. The van der Waals surface area contributed by atoms with Crippen molar-refractivity contribution >= 4 is 35.2 Å². The third-order valence-corrected chi connectivity index (χ3v) is 4.37. The number of esters is 1. The highest BCUT2D eigenvalue weighted by Crippen LogP contribution is 2.29.